The normalized spacial score (nSPS) is 10.6. The van der Waals surface area contributed by atoms with E-state index in [4.69, 9.17) is 0 Å². The van der Waals surface area contributed by atoms with Crippen LogP contribution in [0.4, 0.5) is 11.5 Å². The lowest BCUT2D eigenvalue weighted by Crippen LogP contribution is -2.27. The van der Waals surface area contributed by atoms with E-state index in [9.17, 15) is 4.79 Å². The lowest BCUT2D eigenvalue weighted by Gasteiger charge is -2.16. The van der Waals surface area contributed by atoms with Crippen LogP contribution in [0.25, 0.3) is 0 Å². The first-order chi connectivity index (χ1) is 11.1. The zero-order valence-corrected chi connectivity index (χ0v) is 13.9. The van der Waals surface area contributed by atoms with Crippen molar-refractivity contribution in [2.24, 2.45) is 0 Å². The minimum absolute atomic E-state index is 0.178. The summed E-state index contributed by atoms with van der Waals surface area (Å²) in [5.41, 5.74) is 1.15. The Hall–Kier alpha value is -2.47. The zero-order valence-electron chi connectivity index (χ0n) is 13.9. The Labute approximate surface area is 137 Å². The van der Waals surface area contributed by atoms with Crippen molar-refractivity contribution in [3.8, 4) is 0 Å². The number of para-hydroxylation sites is 1. The SMILES string of the molecule is CN(C)CCCNc1ccc(C(=O)N(C)c2ccccc2)nn1. The van der Waals surface area contributed by atoms with Crippen molar-refractivity contribution >= 4 is 17.4 Å². The van der Waals surface area contributed by atoms with Crippen LogP contribution in [-0.4, -0.2) is 55.2 Å². The quantitative estimate of drug-likeness (QED) is 0.793. The number of carbonyl (C=O) groups excluding carboxylic acids is 1. The molecule has 2 aromatic rings. The second-order valence-electron chi connectivity index (χ2n) is 5.59. The van der Waals surface area contributed by atoms with E-state index in [-0.39, 0.29) is 5.91 Å². The van der Waals surface area contributed by atoms with Crippen molar-refractivity contribution in [1.82, 2.24) is 15.1 Å². The Balaban J connectivity index is 1.92. The van der Waals surface area contributed by atoms with Crippen LogP contribution in [0, 0.1) is 0 Å². The van der Waals surface area contributed by atoms with Crippen LogP contribution >= 0.6 is 0 Å². The maximum atomic E-state index is 12.4. The molecule has 0 aliphatic carbocycles. The summed E-state index contributed by atoms with van der Waals surface area (Å²) in [6.07, 6.45) is 1.02. The van der Waals surface area contributed by atoms with Crippen LogP contribution in [0.15, 0.2) is 42.5 Å². The molecule has 122 valence electrons. The third-order valence-corrected chi connectivity index (χ3v) is 3.42. The van der Waals surface area contributed by atoms with Gasteiger partial charge < -0.3 is 15.1 Å². The summed E-state index contributed by atoms with van der Waals surface area (Å²) in [6.45, 7) is 1.84. The standard InChI is InChI=1S/C17H23N5O/c1-21(2)13-7-12-18-16-11-10-15(19-20-16)17(23)22(3)14-8-5-4-6-9-14/h4-6,8-11H,7,12-13H2,1-3H3,(H,18,20). The Morgan fingerprint density at radius 3 is 2.39 bits per heavy atom. The monoisotopic (exact) mass is 313 g/mol. The minimum Gasteiger partial charge on any atom is -0.369 e. The maximum absolute atomic E-state index is 12.4. The molecule has 1 heterocycles. The third-order valence-electron chi connectivity index (χ3n) is 3.42. The summed E-state index contributed by atoms with van der Waals surface area (Å²) in [5, 5.41) is 11.3. The van der Waals surface area contributed by atoms with Gasteiger partial charge in [-0.05, 0) is 51.3 Å². The molecule has 6 nitrogen and oxygen atoms in total. The average molecular weight is 313 g/mol. The van der Waals surface area contributed by atoms with Crippen LogP contribution in [0.2, 0.25) is 0 Å². The van der Waals surface area contributed by atoms with E-state index < -0.39 is 0 Å². The summed E-state index contributed by atoms with van der Waals surface area (Å²) in [6, 6.07) is 12.9. The highest BCUT2D eigenvalue weighted by molar-refractivity contribution is 6.04. The van der Waals surface area contributed by atoms with E-state index in [1.807, 2.05) is 44.4 Å². The Kier molecular flexibility index (Phi) is 6.05. The fourth-order valence-electron chi connectivity index (χ4n) is 2.09. The van der Waals surface area contributed by atoms with E-state index >= 15 is 0 Å². The molecule has 0 atom stereocenters. The molecule has 0 aliphatic heterocycles. The second kappa shape index (κ2) is 8.24. The molecule has 1 amide bonds. The maximum Gasteiger partial charge on any atom is 0.278 e. The van der Waals surface area contributed by atoms with Gasteiger partial charge in [0.25, 0.3) is 5.91 Å². The molecule has 0 spiro atoms. The number of benzene rings is 1. The molecule has 0 bridgehead atoms. The molecule has 0 saturated heterocycles. The summed E-state index contributed by atoms with van der Waals surface area (Å²) < 4.78 is 0. The molecule has 0 fully saturated rings. The number of nitrogens with zero attached hydrogens (tertiary/aromatic N) is 4. The fraction of sp³-hybridized carbons (Fsp3) is 0.353. The third kappa shape index (κ3) is 5.03. The number of carbonyl (C=O) groups is 1. The molecule has 0 aliphatic rings. The van der Waals surface area contributed by atoms with Gasteiger partial charge in [0, 0.05) is 19.3 Å². The van der Waals surface area contributed by atoms with Gasteiger partial charge in [0.1, 0.15) is 5.82 Å². The lowest BCUT2D eigenvalue weighted by atomic mass is 10.2. The Morgan fingerprint density at radius 2 is 1.78 bits per heavy atom. The average Bonchev–Trinajstić information content (AvgIpc) is 2.58. The van der Waals surface area contributed by atoms with E-state index in [0.29, 0.717) is 11.5 Å². The zero-order chi connectivity index (χ0) is 16.7. The first-order valence-corrected chi connectivity index (χ1v) is 7.63. The molecular weight excluding hydrogens is 290 g/mol. The number of hydrogen-bond donors (Lipinski definition) is 1. The predicted octanol–water partition coefficient (Wildman–Crippen LogP) is 2.12. The molecule has 1 N–H and O–H groups in total. The van der Waals surface area contributed by atoms with Gasteiger partial charge >= 0.3 is 0 Å². The Morgan fingerprint density at radius 1 is 1.04 bits per heavy atom. The van der Waals surface area contributed by atoms with Crippen LogP contribution in [0.3, 0.4) is 0 Å². The number of amides is 1. The van der Waals surface area contributed by atoms with Crippen molar-refractivity contribution in [2.45, 2.75) is 6.42 Å². The first-order valence-electron chi connectivity index (χ1n) is 7.63. The highest BCUT2D eigenvalue weighted by atomic mass is 16.2. The van der Waals surface area contributed by atoms with Crippen molar-refractivity contribution in [3.05, 3.63) is 48.2 Å². The highest BCUT2D eigenvalue weighted by Gasteiger charge is 2.15. The number of aromatic nitrogens is 2. The summed E-state index contributed by atoms with van der Waals surface area (Å²) in [7, 11) is 5.82. The van der Waals surface area contributed by atoms with Gasteiger partial charge in [0.05, 0.1) is 0 Å². The first kappa shape index (κ1) is 16.9. The largest absolute Gasteiger partial charge is 0.369 e. The van der Waals surface area contributed by atoms with Crippen LogP contribution in [-0.2, 0) is 0 Å². The lowest BCUT2D eigenvalue weighted by molar-refractivity contribution is 0.0987. The number of rotatable bonds is 7. The van der Waals surface area contributed by atoms with Crippen LogP contribution in [0.1, 0.15) is 16.9 Å². The summed E-state index contributed by atoms with van der Waals surface area (Å²) in [4.78, 5) is 16.1. The molecule has 1 aromatic carbocycles. The fourth-order valence-corrected chi connectivity index (χ4v) is 2.09. The Bertz CT molecular complexity index is 613. The predicted molar refractivity (Wildman–Crippen MR) is 92.9 cm³/mol. The molecule has 23 heavy (non-hydrogen) atoms. The topological polar surface area (TPSA) is 61.4 Å². The number of anilines is 2. The van der Waals surface area contributed by atoms with Gasteiger partial charge in [-0.25, -0.2) is 0 Å². The van der Waals surface area contributed by atoms with Gasteiger partial charge in [-0.2, -0.15) is 0 Å². The van der Waals surface area contributed by atoms with Gasteiger partial charge in [0.2, 0.25) is 0 Å². The van der Waals surface area contributed by atoms with Crippen molar-refractivity contribution < 1.29 is 4.79 Å². The van der Waals surface area contributed by atoms with Gasteiger partial charge in [-0.3, -0.25) is 4.79 Å². The minimum atomic E-state index is -0.178. The van der Waals surface area contributed by atoms with Gasteiger partial charge in [-0.15, -0.1) is 10.2 Å². The number of nitrogens with one attached hydrogen (secondary N) is 1. The van der Waals surface area contributed by atoms with E-state index in [2.05, 4.69) is 20.4 Å². The molecule has 6 heteroatoms. The molecule has 2 rings (SSSR count). The second-order valence-corrected chi connectivity index (χ2v) is 5.59. The van der Waals surface area contributed by atoms with Crippen molar-refractivity contribution in [3.63, 3.8) is 0 Å². The molecule has 1 aromatic heterocycles. The van der Waals surface area contributed by atoms with Gasteiger partial charge in [0.15, 0.2) is 5.69 Å². The number of hydrogen-bond acceptors (Lipinski definition) is 5. The van der Waals surface area contributed by atoms with E-state index in [1.165, 1.54) is 0 Å². The molecule has 0 radical (unpaired) electrons. The van der Waals surface area contributed by atoms with E-state index in [1.54, 1.807) is 24.1 Å². The van der Waals surface area contributed by atoms with Crippen molar-refractivity contribution in [2.75, 3.05) is 44.4 Å². The molecule has 0 saturated carbocycles. The highest BCUT2D eigenvalue weighted by Crippen LogP contribution is 2.14. The smallest absolute Gasteiger partial charge is 0.278 e. The molecular formula is C17H23N5O. The summed E-state index contributed by atoms with van der Waals surface area (Å²) >= 11 is 0. The van der Waals surface area contributed by atoms with Gasteiger partial charge in [-0.1, -0.05) is 18.2 Å². The van der Waals surface area contributed by atoms with Crippen LogP contribution < -0.4 is 10.2 Å². The van der Waals surface area contributed by atoms with E-state index in [0.717, 1.165) is 25.2 Å². The van der Waals surface area contributed by atoms with Crippen molar-refractivity contribution in [1.29, 1.82) is 0 Å². The molecule has 0 unspecified atom stereocenters. The van der Waals surface area contributed by atoms with Crippen LogP contribution in [0.5, 0.6) is 0 Å². The summed E-state index contributed by atoms with van der Waals surface area (Å²) in [5.74, 6) is 0.505.